The molecule has 0 amide bonds. The Hall–Kier alpha value is -0.830. The number of hydrogen-bond acceptors (Lipinski definition) is 3. The SMILES string of the molecule is CC(=O)O[C@@H]1C=CCC[C@H]1CN(C)C. The third kappa shape index (κ3) is 3.50. The molecule has 0 aliphatic heterocycles. The number of carbonyl (C=O) groups is 1. The maximum atomic E-state index is 10.9. The van der Waals surface area contributed by atoms with E-state index in [2.05, 4.69) is 11.0 Å². The van der Waals surface area contributed by atoms with Crippen LogP contribution in [0.1, 0.15) is 19.8 Å². The van der Waals surface area contributed by atoms with Crippen molar-refractivity contribution in [2.24, 2.45) is 5.92 Å². The van der Waals surface area contributed by atoms with Crippen LogP contribution in [-0.4, -0.2) is 37.6 Å². The molecule has 0 bridgehead atoms. The van der Waals surface area contributed by atoms with Crippen LogP contribution in [0.2, 0.25) is 0 Å². The fourth-order valence-electron chi connectivity index (χ4n) is 1.85. The van der Waals surface area contributed by atoms with Gasteiger partial charge in [0.1, 0.15) is 6.10 Å². The molecule has 14 heavy (non-hydrogen) atoms. The first-order valence-corrected chi connectivity index (χ1v) is 5.08. The van der Waals surface area contributed by atoms with Crippen LogP contribution < -0.4 is 0 Å². The van der Waals surface area contributed by atoms with E-state index in [1.807, 2.05) is 20.2 Å². The van der Waals surface area contributed by atoms with Crippen molar-refractivity contribution in [2.45, 2.75) is 25.9 Å². The molecule has 80 valence electrons. The smallest absolute Gasteiger partial charge is 0.303 e. The topological polar surface area (TPSA) is 29.5 Å². The molecule has 0 saturated heterocycles. The summed E-state index contributed by atoms with van der Waals surface area (Å²) < 4.78 is 5.25. The first-order valence-electron chi connectivity index (χ1n) is 5.08. The predicted molar refractivity (Wildman–Crippen MR) is 56.0 cm³/mol. The summed E-state index contributed by atoms with van der Waals surface area (Å²) in [7, 11) is 4.09. The highest BCUT2D eigenvalue weighted by atomic mass is 16.5. The van der Waals surface area contributed by atoms with E-state index in [0.29, 0.717) is 5.92 Å². The molecule has 3 nitrogen and oxygen atoms in total. The summed E-state index contributed by atoms with van der Waals surface area (Å²) in [5.41, 5.74) is 0. The molecule has 2 atom stereocenters. The number of allylic oxidation sites excluding steroid dienone is 1. The van der Waals surface area contributed by atoms with Crippen molar-refractivity contribution in [1.29, 1.82) is 0 Å². The van der Waals surface area contributed by atoms with Crippen molar-refractivity contribution in [2.75, 3.05) is 20.6 Å². The van der Waals surface area contributed by atoms with Gasteiger partial charge >= 0.3 is 5.97 Å². The number of hydrogen-bond donors (Lipinski definition) is 0. The van der Waals surface area contributed by atoms with Crippen LogP contribution in [0.15, 0.2) is 12.2 Å². The number of carbonyl (C=O) groups excluding carboxylic acids is 1. The van der Waals surface area contributed by atoms with E-state index in [1.165, 1.54) is 6.92 Å². The fraction of sp³-hybridized carbons (Fsp3) is 0.727. The molecule has 1 aliphatic rings. The summed E-state index contributed by atoms with van der Waals surface area (Å²) in [5.74, 6) is 0.254. The molecule has 0 N–H and O–H groups in total. The Morgan fingerprint density at radius 1 is 1.57 bits per heavy atom. The Balaban J connectivity index is 2.53. The molecule has 1 rings (SSSR count). The molecule has 1 aliphatic carbocycles. The van der Waals surface area contributed by atoms with Crippen molar-refractivity contribution in [3.63, 3.8) is 0 Å². The van der Waals surface area contributed by atoms with Crippen LogP contribution in [0.4, 0.5) is 0 Å². The van der Waals surface area contributed by atoms with Crippen LogP contribution in [0.3, 0.4) is 0 Å². The predicted octanol–water partition coefficient (Wildman–Crippen LogP) is 1.45. The maximum absolute atomic E-state index is 10.9. The molecule has 0 spiro atoms. The van der Waals surface area contributed by atoms with Crippen LogP contribution in [0.5, 0.6) is 0 Å². The average molecular weight is 197 g/mol. The number of rotatable bonds is 3. The molecule has 0 fully saturated rings. The number of esters is 1. The van der Waals surface area contributed by atoms with Crippen molar-refractivity contribution in [3.05, 3.63) is 12.2 Å². The van der Waals surface area contributed by atoms with Crippen molar-refractivity contribution < 1.29 is 9.53 Å². The fourth-order valence-corrected chi connectivity index (χ4v) is 1.85. The van der Waals surface area contributed by atoms with Gasteiger partial charge in [0.2, 0.25) is 0 Å². The highest BCUT2D eigenvalue weighted by Crippen LogP contribution is 2.22. The lowest BCUT2D eigenvalue weighted by Gasteiger charge is -2.29. The van der Waals surface area contributed by atoms with Crippen molar-refractivity contribution >= 4 is 5.97 Å². The lowest BCUT2D eigenvalue weighted by molar-refractivity contribution is -0.146. The van der Waals surface area contributed by atoms with E-state index in [9.17, 15) is 4.79 Å². The van der Waals surface area contributed by atoms with Gasteiger partial charge in [0.25, 0.3) is 0 Å². The second-order valence-corrected chi connectivity index (χ2v) is 4.10. The molecular formula is C11H19NO2. The van der Waals surface area contributed by atoms with E-state index in [-0.39, 0.29) is 12.1 Å². The Labute approximate surface area is 85.7 Å². The van der Waals surface area contributed by atoms with Crippen LogP contribution >= 0.6 is 0 Å². The molecular weight excluding hydrogens is 178 g/mol. The maximum Gasteiger partial charge on any atom is 0.303 e. The van der Waals surface area contributed by atoms with Gasteiger partial charge in [0, 0.05) is 19.4 Å². The standard InChI is InChI=1S/C11H19NO2/c1-9(13)14-11-7-5-4-6-10(11)8-12(2)3/h5,7,10-11H,4,6,8H2,1-3H3/t10-,11+/m0/s1. The van der Waals surface area contributed by atoms with E-state index in [1.54, 1.807) is 0 Å². The normalized spacial score (nSPS) is 26.6. The highest BCUT2D eigenvalue weighted by Gasteiger charge is 2.24. The summed E-state index contributed by atoms with van der Waals surface area (Å²) >= 11 is 0. The van der Waals surface area contributed by atoms with Crippen molar-refractivity contribution in [1.82, 2.24) is 4.90 Å². The Bertz CT molecular complexity index is 223. The molecule has 0 aromatic heterocycles. The van der Waals surface area contributed by atoms with Crippen LogP contribution in [-0.2, 0) is 9.53 Å². The molecule has 3 heteroatoms. The van der Waals surface area contributed by atoms with Crippen LogP contribution in [0, 0.1) is 5.92 Å². The zero-order valence-corrected chi connectivity index (χ0v) is 9.19. The second-order valence-electron chi connectivity index (χ2n) is 4.10. The van der Waals surface area contributed by atoms with Gasteiger partial charge in [-0.3, -0.25) is 4.79 Å². The summed E-state index contributed by atoms with van der Waals surface area (Å²) in [6.45, 7) is 2.44. The molecule has 0 unspecified atom stereocenters. The zero-order chi connectivity index (χ0) is 10.6. The molecule has 0 heterocycles. The van der Waals surface area contributed by atoms with E-state index in [4.69, 9.17) is 4.74 Å². The number of ether oxygens (including phenoxy) is 1. The van der Waals surface area contributed by atoms with Crippen molar-refractivity contribution in [3.8, 4) is 0 Å². The quantitative estimate of drug-likeness (QED) is 0.506. The molecule has 0 aromatic carbocycles. The first kappa shape index (κ1) is 11.2. The lowest BCUT2D eigenvalue weighted by Crippen LogP contribution is -2.34. The summed E-state index contributed by atoms with van der Waals surface area (Å²) in [6, 6.07) is 0. The van der Waals surface area contributed by atoms with Gasteiger partial charge in [-0.1, -0.05) is 6.08 Å². The minimum Gasteiger partial charge on any atom is -0.458 e. The van der Waals surface area contributed by atoms with Gasteiger partial charge < -0.3 is 9.64 Å². The molecule has 0 radical (unpaired) electrons. The highest BCUT2D eigenvalue weighted by molar-refractivity contribution is 5.66. The molecule has 0 saturated carbocycles. The molecule has 0 aromatic rings. The van der Waals surface area contributed by atoms with Crippen LogP contribution in [0.25, 0.3) is 0 Å². The summed E-state index contributed by atoms with van der Waals surface area (Å²) in [4.78, 5) is 13.0. The van der Waals surface area contributed by atoms with Gasteiger partial charge in [0.15, 0.2) is 0 Å². The van der Waals surface area contributed by atoms with Gasteiger partial charge in [-0.05, 0) is 33.0 Å². The lowest BCUT2D eigenvalue weighted by atomic mass is 9.91. The number of nitrogens with zero attached hydrogens (tertiary/aromatic N) is 1. The van der Waals surface area contributed by atoms with Gasteiger partial charge in [0.05, 0.1) is 0 Å². The Kier molecular flexibility index (Phi) is 4.14. The third-order valence-corrected chi connectivity index (χ3v) is 2.40. The van der Waals surface area contributed by atoms with E-state index >= 15 is 0 Å². The van der Waals surface area contributed by atoms with Gasteiger partial charge in [-0.2, -0.15) is 0 Å². The van der Waals surface area contributed by atoms with E-state index < -0.39 is 0 Å². The Morgan fingerprint density at radius 3 is 2.86 bits per heavy atom. The second kappa shape index (κ2) is 5.15. The Morgan fingerprint density at radius 2 is 2.29 bits per heavy atom. The summed E-state index contributed by atoms with van der Waals surface area (Å²) in [5, 5.41) is 0. The average Bonchev–Trinajstić information content (AvgIpc) is 2.06. The minimum absolute atomic E-state index is 0.0244. The largest absolute Gasteiger partial charge is 0.458 e. The zero-order valence-electron chi connectivity index (χ0n) is 9.19. The van der Waals surface area contributed by atoms with Gasteiger partial charge in [-0.25, -0.2) is 0 Å². The van der Waals surface area contributed by atoms with E-state index in [0.717, 1.165) is 19.4 Å². The minimum atomic E-state index is -0.190. The first-order chi connectivity index (χ1) is 6.59. The third-order valence-electron chi connectivity index (χ3n) is 2.40. The van der Waals surface area contributed by atoms with Gasteiger partial charge in [-0.15, -0.1) is 0 Å². The summed E-state index contributed by atoms with van der Waals surface area (Å²) in [6.07, 6.45) is 6.28. The monoisotopic (exact) mass is 197 g/mol.